The minimum atomic E-state index is 0.823. The van der Waals surface area contributed by atoms with Crippen molar-refractivity contribution in [2.24, 2.45) is 0 Å². The van der Waals surface area contributed by atoms with E-state index in [9.17, 15) is 0 Å². The average molecular weight is 193 g/mol. The number of hydrogen-bond donors (Lipinski definition) is 1. The molecule has 2 aliphatic rings. The molecule has 2 heteroatoms. The van der Waals surface area contributed by atoms with Gasteiger partial charge in [0.2, 0.25) is 0 Å². The average Bonchev–Trinajstić information content (AvgIpc) is 2.75. The van der Waals surface area contributed by atoms with E-state index in [1.54, 1.807) is 5.56 Å². The Kier molecular flexibility index (Phi) is 1.91. The van der Waals surface area contributed by atoms with Gasteiger partial charge in [-0.1, -0.05) is 0 Å². The van der Waals surface area contributed by atoms with E-state index in [0.29, 0.717) is 0 Å². The highest BCUT2D eigenvalue weighted by molar-refractivity contribution is 7.07. The van der Waals surface area contributed by atoms with Gasteiger partial charge < -0.3 is 5.32 Å². The van der Waals surface area contributed by atoms with Gasteiger partial charge in [-0.2, -0.15) is 11.3 Å². The molecule has 0 saturated carbocycles. The number of fused-ring (bicyclic) bond motifs is 2. The first-order valence-electron chi connectivity index (χ1n) is 5.20. The van der Waals surface area contributed by atoms with E-state index in [4.69, 9.17) is 0 Å². The molecule has 1 N–H and O–H groups in total. The fourth-order valence-corrected chi connectivity index (χ4v) is 3.58. The molecule has 0 amide bonds. The molecule has 2 saturated heterocycles. The maximum Gasteiger partial charge on any atom is 0.00760 e. The van der Waals surface area contributed by atoms with Crippen molar-refractivity contribution in [2.75, 3.05) is 0 Å². The molecule has 0 aromatic carbocycles. The first-order chi connectivity index (χ1) is 6.42. The second-order valence-corrected chi connectivity index (χ2v) is 5.14. The van der Waals surface area contributed by atoms with Crippen molar-refractivity contribution in [3.63, 3.8) is 0 Å². The SMILES string of the molecule is c1cc([C@H]2C[C@H]3CC[C@@H](C2)N3)cs1. The second kappa shape index (κ2) is 3.10. The third-order valence-electron chi connectivity index (χ3n) is 3.49. The van der Waals surface area contributed by atoms with Crippen LogP contribution in [0.2, 0.25) is 0 Å². The van der Waals surface area contributed by atoms with Crippen LogP contribution in [0.4, 0.5) is 0 Å². The first-order valence-corrected chi connectivity index (χ1v) is 6.14. The minimum absolute atomic E-state index is 0.823. The third-order valence-corrected chi connectivity index (χ3v) is 4.19. The Bertz CT molecular complexity index is 268. The van der Waals surface area contributed by atoms with E-state index in [1.807, 2.05) is 11.3 Å². The monoisotopic (exact) mass is 193 g/mol. The van der Waals surface area contributed by atoms with Crippen LogP contribution in [-0.4, -0.2) is 12.1 Å². The lowest BCUT2D eigenvalue weighted by Gasteiger charge is -2.28. The van der Waals surface area contributed by atoms with E-state index >= 15 is 0 Å². The van der Waals surface area contributed by atoms with Crippen LogP contribution >= 0.6 is 11.3 Å². The van der Waals surface area contributed by atoms with Gasteiger partial charge in [0.1, 0.15) is 0 Å². The molecule has 2 aliphatic heterocycles. The van der Waals surface area contributed by atoms with E-state index in [2.05, 4.69) is 22.1 Å². The van der Waals surface area contributed by atoms with Crippen molar-refractivity contribution < 1.29 is 0 Å². The fraction of sp³-hybridized carbons (Fsp3) is 0.636. The number of hydrogen-bond acceptors (Lipinski definition) is 2. The standard InChI is InChI=1S/C11H15NS/c1-2-11-6-9(5-10(1)12-11)8-3-4-13-7-8/h3-4,7,9-12H,1-2,5-6H2/t9-,10+,11-. The molecule has 0 aliphatic carbocycles. The first kappa shape index (κ1) is 8.01. The molecule has 0 unspecified atom stereocenters. The normalized spacial score (nSPS) is 38.0. The van der Waals surface area contributed by atoms with Gasteiger partial charge in [0.15, 0.2) is 0 Å². The Labute approximate surface area is 83.2 Å². The van der Waals surface area contributed by atoms with Gasteiger partial charge in [-0.15, -0.1) is 0 Å². The number of rotatable bonds is 1. The van der Waals surface area contributed by atoms with E-state index < -0.39 is 0 Å². The number of piperidine rings is 1. The van der Waals surface area contributed by atoms with Crippen molar-refractivity contribution in [1.29, 1.82) is 0 Å². The molecule has 70 valence electrons. The summed E-state index contributed by atoms with van der Waals surface area (Å²) in [6.45, 7) is 0. The van der Waals surface area contributed by atoms with Crippen LogP contribution in [0, 0.1) is 0 Å². The molecule has 1 aromatic heterocycles. The highest BCUT2D eigenvalue weighted by atomic mass is 32.1. The molecule has 1 nitrogen and oxygen atoms in total. The number of thiophene rings is 1. The maximum atomic E-state index is 3.69. The summed E-state index contributed by atoms with van der Waals surface area (Å²) in [6, 6.07) is 3.95. The Morgan fingerprint density at radius 1 is 1.23 bits per heavy atom. The van der Waals surface area contributed by atoms with Crippen LogP contribution in [0.3, 0.4) is 0 Å². The van der Waals surface area contributed by atoms with Gasteiger partial charge in [0.05, 0.1) is 0 Å². The summed E-state index contributed by atoms with van der Waals surface area (Å²) in [5, 5.41) is 8.22. The quantitative estimate of drug-likeness (QED) is 0.723. The third kappa shape index (κ3) is 1.42. The molecule has 0 radical (unpaired) electrons. The zero-order valence-corrected chi connectivity index (χ0v) is 8.52. The molecule has 0 spiro atoms. The Balaban J connectivity index is 1.80. The van der Waals surface area contributed by atoms with Crippen molar-refractivity contribution in [2.45, 2.75) is 43.7 Å². The lowest BCUT2D eigenvalue weighted by molar-refractivity contribution is 0.364. The van der Waals surface area contributed by atoms with Crippen molar-refractivity contribution in [3.05, 3.63) is 22.4 Å². The minimum Gasteiger partial charge on any atom is -0.311 e. The summed E-state index contributed by atoms with van der Waals surface area (Å²) in [6.07, 6.45) is 5.55. The van der Waals surface area contributed by atoms with Crippen LogP contribution in [-0.2, 0) is 0 Å². The van der Waals surface area contributed by atoms with Crippen LogP contribution < -0.4 is 5.32 Å². The molecule has 2 bridgehead atoms. The molecule has 3 heterocycles. The Morgan fingerprint density at radius 2 is 2.00 bits per heavy atom. The Hall–Kier alpha value is -0.340. The zero-order valence-electron chi connectivity index (χ0n) is 7.70. The summed E-state index contributed by atoms with van der Waals surface area (Å²) >= 11 is 1.84. The van der Waals surface area contributed by atoms with E-state index in [1.165, 1.54) is 25.7 Å². The van der Waals surface area contributed by atoms with Crippen molar-refractivity contribution >= 4 is 11.3 Å². The summed E-state index contributed by atoms with van der Waals surface area (Å²) in [5.74, 6) is 0.852. The number of nitrogens with one attached hydrogen (secondary N) is 1. The van der Waals surface area contributed by atoms with Gasteiger partial charge >= 0.3 is 0 Å². The lowest BCUT2D eigenvalue weighted by atomic mass is 9.88. The molecule has 13 heavy (non-hydrogen) atoms. The van der Waals surface area contributed by atoms with Gasteiger partial charge in [0.25, 0.3) is 0 Å². The molecule has 3 atom stereocenters. The van der Waals surface area contributed by atoms with Crippen LogP contribution in [0.25, 0.3) is 0 Å². The van der Waals surface area contributed by atoms with Crippen LogP contribution in [0.15, 0.2) is 16.8 Å². The lowest BCUT2D eigenvalue weighted by Crippen LogP contribution is -2.37. The molecular weight excluding hydrogens is 178 g/mol. The second-order valence-electron chi connectivity index (χ2n) is 4.36. The van der Waals surface area contributed by atoms with Crippen molar-refractivity contribution in [3.8, 4) is 0 Å². The summed E-state index contributed by atoms with van der Waals surface area (Å²) in [4.78, 5) is 0. The van der Waals surface area contributed by atoms with Gasteiger partial charge in [-0.25, -0.2) is 0 Å². The predicted molar refractivity (Wildman–Crippen MR) is 56.2 cm³/mol. The van der Waals surface area contributed by atoms with Gasteiger partial charge in [0, 0.05) is 12.1 Å². The zero-order chi connectivity index (χ0) is 8.67. The predicted octanol–water partition coefficient (Wildman–Crippen LogP) is 2.75. The maximum absolute atomic E-state index is 3.69. The van der Waals surface area contributed by atoms with E-state index in [-0.39, 0.29) is 0 Å². The topological polar surface area (TPSA) is 12.0 Å². The van der Waals surface area contributed by atoms with Crippen molar-refractivity contribution in [1.82, 2.24) is 5.32 Å². The molecule has 3 rings (SSSR count). The highest BCUT2D eigenvalue weighted by Crippen LogP contribution is 2.37. The van der Waals surface area contributed by atoms with Gasteiger partial charge in [-0.05, 0) is 54.0 Å². The largest absolute Gasteiger partial charge is 0.311 e. The Morgan fingerprint density at radius 3 is 2.62 bits per heavy atom. The summed E-state index contributed by atoms with van der Waals surface area (Å²) in [7, 11) is 0. The summed E-state index contributed by atoms with van der Waals surface area (Å²) in [5.41, 5.74) is 1.59. The molecule has 2 fully saturated rings. The van der Waals surface area contributed by atoms with E-state index in [0.717, 1.165) is 18.0 Å². The van der Waals surface area contributed by atoms with Crippen LogP contribution in [0.1, 0.15) is 37.2 Å². The molecule has 1 aromatic rings. The smallest absolute Gasteiger partial charge is 0.00760 e. The fourth-order valence-electron chi connectivity index (χ4n) is 2.84. The summed E-state index contributed by atoms with van der Waals surface area (Å²) < 4.78 is 0. The highest BCUT2D eigenvalue weighted by Gasteiger charge is 2.33. The molecular formula is C11H15NS. The van der Waals surface area contributed by atoms with Crippen LogP contribution in [0.5, 0.6) is 0 Å². The van der Waals surface area contributed by atoms with Gasteiger partial charge in [-0.3, -0.25) is 0 Å².